The zero-order chi connectivity index (χ0) is 7.89. The zero-order valence-electron chi connectivity index (χ0n) is 7.05. The minimum Gasteiger partial charge on any atom is -0.365 e. The number of hydrogen-bond acceptors (Lipinski definition) is 2. The Kier molecular flexibility index (Phi) is 1.67. The molecule has 0 bridgehead atoms. The molecule has 0 unspecified atom stereocenters. The van der Waals surface area contributed by atoms with E-state index in [0.717, 1.165) is 0 Å². The molecule has 10 heavy (non-hydrogen) atoms. The van der Waals surface area contributed by atoms with Crippen molar-refractivity contribution in [3.05, 3.63) is 11.4 Å². The van der Waals surface area contributed by atoms with E-state index in [1.807, 2.05) is 14.1 Å². The van der Waals surface area contributed by atoms with Crippen molar-refractivity contribution >= 4 is 7.85 Å². The van der Waals surface area contributed by atoms with Gasteiger partial charge in [0.05, 0.1) is 6.07 Å². The van der Waals surface area contributed by atoms with Crippen LogP contribution in [-0.4, -0.2) is 37.8 Å². The van der Waals surface area contributed by atoms with E-state index in [9.17, 15) is 0 Å². The third kappa shape index (κ3) is 0.807. The lowest BCUT2D eigenvalue weighted by molar-refractivity contribution is 0.273. The average molecular weight is 136 g/mol. The van der Waals surface area contributed by atoms with Crippen LogP contribution in [0.5, 0.6) is 0 Å². The van der Waals surface area contributed by atoms with Crippen LogP contribution in [0.3, 0.4) is 0 Å². The van der Waals surface area contributed by atoms with Gasteiger partial charge in [-0.3, -0.25) is 0 Å². The molecule has 0 aromatic heterocycles. The van der Waals surface area contributed by atoms with Crippen molar-refractivity contribution in [2.24, 2.45) is 0 Å². The lowest BCUT2D eigenvalue weighted by atomic mass is 10.0. The summed E-state index contributed by atoms with van der Waals surface area (Å²) in [6.45, 7) is 4.16. The molecule has 0 saturated carbocycles. The molecule has 1 aliphatic rings. The van der Waals surface area contributed by atoms with E-state index in [4.69, 9.17) is 7.85 Å². The normalized spacial score (nSPS) is 21.2. The van der Waals surface area contributed by atoms with Gasteiger partial charge in [-0.15, -0.1) is 0 Å². The summed E-state index contributed by atoms with van der Waals surface area (Å²) in [4.78, 5) is 4.13. The van der Waals surface area contributed by atoms with Crippen molar-refractivity contribution in [2.75, 3.05) is 14.1 Å². The smallest absolute Gasteiger partial charge is 0.129 e. The van der Waals surface area contributed by atoms with Crippen LogP contribution in [-0.2, 0) is 0 Å². The van der Waals surface area contributed by atoms with Gasteiger partial charge in [-0.2, -0.15) is 0 Å². The van der Waals surface area contributed by atoms with Crippen molar-refractivity contribution in [3.8, 4) is 0 Å². The lowest BCUT2D eigenvalue weighted by Crippen LogP contribution is -2.35. The summed E-state index contributed by atoms with van der Waals surface area (Å²) in [5, 5.41) is 0. The monoisotopic (exact) mass is 136 g/mol. The molecule has 0 saturated heterocycles. The highest BCUT2D eigenvalue weighted by Crippen LogP contribution is 2.22. The Bertz CT molecular complexity index is 158. The zero-order valence-corrected chi connectivity index (χ0v) is 7.05. The molecule has 0 atom stereocenters. The maximum Gasteiger partial charge on any atom is 0.129 e. The van der Waals surface area contributed by atoms with Crippen molar-refractivity contribution in [3.63, 3.8) is 0 Å². The Labute approximate surface area is 63.9 Å². The van der Waals surface area contributed by atoms with Gasteiger partial charge >= 0.3 is 0 Å². The van der Waals surface area contributed by atoms with Gasteiger partial charge in [-0.25, -0.2) is 0 Å². The van der Waals surface area contributed by atoms with Crippen LogP contribution in [0, 0.1) is 0 Å². The van der Waals surface area contributed by atoms with Gasteiger partial charge in [0, 0.05) is 25.5 Å². The Morgan fingerprint density at radius 3 is 1.50 bits per heavy atom. The molecule has 54 valence electrons. The number of allylic oxidation sites excluding steroid dienone is 2. The fraction of sp³-hybridized carbons (Fsp3) is 0.714. The predicted octanol–water partition coefficient (Wildman–Crippen LogP) is 0.567. The van der Waals surface area contributed by atoms with Crippen LogP contribution >= 0.6 is 0 Å². The standard InChI is InChI=1S/C7H13BN2/c1-5-6(2)10(4)7(8)9(5)3/h7H,1-4H3. The summed E-state index contributed by atoms with van der Waals surface area (Å²) < 4.78 is 0. The fourth-order valence-corrected chi connectivity index (χ4v) is 1.17. The molecule has 0 N–H and O–H groups in total. The summed E-state index contributed by atoms with van der Waals surface area (Å²) in [5.41, 5.74) is 2.52. The first-order valence-electron chi connectivity index (χ1n) is 3.44. The van der Waals surface area contributed by atoms with Crippen LogP contribution in [0.2, 0.25) is 0 Å². The SMILES string of the molecule is [B]C1N(C)C(C)=C(C)N1C. The fourth-order valence-electron chi connectivity index (χ4n) is 1.17. The third-order valence-electron chi connectivity index (χ3n) is 2.38. The molecule has 0 aromatic rings. The van der Waals surface area contributed by atoms with E-state index in [1.54, 1.807) is 0 Å². The minimum atomic E-state index is 0.0278. The van der Waals surface area contributed by atoms with Crippen molar-refractivity contribution < 1.29 is 0 Å². The summed E-state index contributed by atoms with van der Waals surface area (Å²) in [6, 6.07) is 0.0278. The first-order chi connectivity index (χ1) is 4.55. The molecular formula is C7H13BN2. The first-order valence-corrected chi connectivity index (χ1v) is 3.44. The van der Waals surface area contributed by atoms with Crippen LogP contribution in [0.4, 0.5) is 0 Å². The van der Waals surface area contributed by atoms with Crippen molar-refractivity contribution in [1.29, 1.82) is 0 Å². The van der Waals surface area contributed by atoms with E-state index < -0.39 is 0 Å². The molecule has 0 spiro atoms. The van der Waals surface area contributed by atoms with E-state index in [0.29, 0.717) is 0 Å². The molecule has 1 rings (SSSR count). The van der Waals surface area contributed by atoms with E-state index in [-0.39, 0.29) is 6.07 Å². The molecule has 0 aliphatic carbocycles. The molecule has 2 radical (unpaired) electrons. The Morgan fingerprint density at radius 2 is 1.40 bits per heavy atom. The second-order valence-corrected chi connectivity index (χ2v) is 2.81. The molecule has 2 nitrogen and oxygen atoms in total. The second kappa shape index (κ2) is 2.22. The number of nitrogens with zero attached hydrogens (tertiary/aromatic N) is 2. The quantitative estimate of drug-likeness (QED) is 0.449. The maximum absolute atomic E-state index is 5.81. The predicted molar refractivity (Wildman–Crippen MR) is 43.4 cm³/mol. The van der Waals surface area contributed by atoms with Crippen LogP contribution < -0.4 is 0 Å². The average Bonchev–Trinajstić information content (AvgIpc) is 2.07. The summed E-state index contributed by atoms with van der Waals surface area (Å²) >= 11 is 0. The topological polar surface area (TPSA) is 6.48 Å². The highest BCUT2D eigenvalue weighted by atomic mass is 15.4. The van der Waals surface area contributed by atoms with Gasteiger partial charge in [0.15, 0.2) is 0 Å². The van der Waals surface area contributed by atoms with Crippen LogP contribution in [0.1, 0.15) is 13.8 Å². The number of rotatable bonds is 0. The van der Waals surface area contributed by atoms with E-state index >= 15 is 0 Å². The van der Waals surface area contributed by atoms with Gasteiger partial charge in [0.1, 0.15) is 7.85 Å². The molecule has 3 heteroatoms. The van der Waals surface area contributed by atoms with Gasteiger partial charge in [-0.1, -0.05) is 0 Å². The highest BCUT2D eigenvalue weighted by molar-refractivity contribution is 6.11. The maximum atomic E-state index is 5.81. The summed E-state index contributed by atoms with van der Waals surface area (Å²) in [7, 11) is 9.83. The molecule has 0 amide bonds. The molecule has 0 fully saturated rings. The molecule has 1 heterocycles. The summed E-state index contributed by atoms with van der Waals surface area (Å²) in [6.07, 6.45) is 0. The van der Waals surface area contributed by atoms with E-state index in [2.05, 4.69) is 23.6 Å². The Morgan fingerprint density at radius 1 is 1.10 bits per heavy atom. The second-order valence-electron chi connectivity index (χ2n) is 2.81. The van der Waals surface area contributed by atoms with Crippen LogP contribution in [0.25, 0.3) is 0 Å². The minimum absolute atomic E-state index is 0.0278. The van der Waals surface area contributed by atoms with Gasteiger partial charge < -0.3 is 9.80 Å². The molecular weight excluding hydrogens is 123 g/mol. The first kappa shape index (κ1) is 7.51. The largest absolute Gasteiger partial charge is 0.365 e. The van der Waals surface area contributed by atoms with Gasteiger partial charge in [0.2, 0.25) is 0 Å². The third-order valence-corrected chi connectivity index (χ3v) is 2.38. The summed E-state index contributed by atoms with van der Waals surface area (Å²) in [5.74, 6) is 0. The molecule has 1 aliphatic heterocycles. The Hall–Kier alpha value is -0.595. The van der Waals surface area contributed by atoms with Crippen molar-refractivity contribution in [2.45, 2.75) is 19.9 Å². The van der Waals surface area contributed by atoms with Gasteiger partial charge in [-0.05, 0) is 13.8 Å². The number of hydrogen-bond donors (Lipinski definition) is 0. The highest BCUT2D eigenvalue weighted by Gasteiger charge is 2.23. The molecule has 0 aromatic carbocycles. The van der Waals surface area contributed by atoms with Gasteiger partial charge in [0.25, 0.3) is 0 Å². The van der Waals surface area contributed by atoms with Crippen molar-refractivity contribution in [1.82, 2.24) is 9.80 Å². The van der Waals surface area contributed by atoms with E-state index in [1.165, 1.54) is 11.4 Å². The van der Waals surface area contributed by atoms with Crippen LogP contribution in [0.15, 0.2) is 11.4 Å². The lowest BCUT2D eigenvalue weighted by Gasteiger charge is -2.26. The Balaban J connectivity index is 2.88.